The molecule has 23 heavy (non-hydrogen) atoms. The summed E-state index contributed by atoms with van der Waals surface area (Å²) in [5.41, 5.74) is -0.330. The highest BCUT2D eigenvalue weighted by Gasteiger charge is 2.30. The number of nitrogens with zero attached hydrogens (tertiary/aromatic N) is 2. The fourth-order valence-electron chi connectivity index (χ4n) is 2.55. The van der Waals surface area contributed by atoms with Crippen LogP contribution in [0.4, 0.5) is 18.9 Å². The van der Waals surface area contributed by atoms with Gasteiger partial charge in [0, 0.05) is 44.8 Å². The predicted octanol–water partition coefficient (Wildman–Crippen LogP) is 2.67. The molecule has 0 radical (unpaired) electrons. The molecule has 1 aliphatic heterocycles. The number of carbonyl (C=O) groups excluding carboxylic acids is 1. The highest BCUT2D eigenvalue weighted by molar-refractivity contribution is 5.90. The fraction of sp³-hybridized carbons (Fsp3) is 0.562. The molecule has 4 nitrogen and oxygen atoms in total. The van der Waals surface area contributed by atoms with Gasteiger partial charge in [-0.3, -0.25) is 4.79 Å². The highest BCUT2D eigenvalue weighted by atomic mass is 19.4. The molecule has 7 heteroatoms. The number of piperazine rings is 1. The van der Waals surface area contributed by atoms with Crippen molar-refractivity contribution in [1.29, 1.82) is 0 Å². The van der Waals surface area contributed by atoms with Crippen LogP contribution in [0.3, 0.4) is 0 Å². The van der Waals surface area contributed by atoms with Crippen molar-refractivity contribution in [2.45, 2.75) is 19.5 Å². The second-order valence-corrected chi connectivity index (χ2v) is 5.65. The monoisotopic (exact) mass is 329 g/mol. The Balaban J connectivity index is 1.75. The summed E-state index contributed by atoms with van der Waals surface area (Å²) in [7, 11) is 0. The summed E-state index contributed by atoms with van der Waals surface area (Å²) in [6.45, 7) is 7.76. The number of carbonyl (C=O) groups is 1. The molecule has 1 aromatic carbocycles. The van der Waals surface area contributed by atoms with E-state index in [1.807, 2.05) is 0 Å². The maximum Gasteiger partial charge on any atom is 0.416 e. The molecule has 1 saturated heterocycles. The summed E-state index contributed by atoms with van der Waals surface area (Å²) >= 11 is 0. The molecule has 128 valence electrons. The van der Waals surface area contributed by atoms with Gasteiger partial charge in [-0.1, -0.05) is 6.92 Å². The Labute approximate surface area is 134 Å². The Hall–Kier alpha value is -1.60. The zero-order valence-corrected chi connectivity index (χ0v) is 13.2. The smallest absolute Gasteiger partial charge is 0.326 e. The molecule has 0 atom stereocenters. The van der Waals surface area contributed by atoms with Crippen molar-refractivity contribution in [2.75, 3.05) is 44.6 Å². The van der Waals surface area contributed by atoms with Crippen LogP contribution in [0.5, 0.6) is 0 Å². The SMILES string of the molecule is CCN1CCN(CCC(=O)Nc2ccc(C(F)(F)F)cc2)CC1. The lowest BCUT2D eigenvalue weighted by atomic mass is 10.2. The van der Waals surface area contributed by atoms with E-state index in [2.05, 4.69) is 22.0 Å². The average molecular weight is 329 g/mol. The molecule has 0 aliphatic carbocycles. The highest BCUT2D eigenvalue weighted by Crippen LogP contribution is 2.29. The van der Waals surface area contributed by atoms with Crippen LogP contribution < -0.4 is 5.32 Å². The van der Waals surface area contributed by atoms with Crippen LogP contribution >= 0.6 is 0 Å². The number of hydrogen-bond donors (Lipinski definition) is 1. The maximum absolute atomic E-state index is 12.5. The van der Waals surface area contributed by atoms with E-state index in [0.717, 1.165) is 44.9 Å². The molecule has 0 bridgehead atoms. The van der Waals surface area contributed by atoms with E-state index in [1.165, 1.54) is 12.1 Å². The molecule has 1 N–H and O–H groups in total. The molecule has 0 unspecified atom stereocenters. The summed E-state index contributed by atoms with van der Waals surface area (Å²) in [5, 5.41) is 2.64. The van der Waals surface area contributed by atoms with Crippen molar-refractivity contribution >= 4 is 11.6 Å². The summed E-state index contributed by atoms with van der Waals surface area (Å²) in [4.78, 5) is 16.5. The van der Waals surface area contributed by atoms with Crippen LogP contribution in [0.15, 0.2) is 24.3 Å². The number of halogens is 3. The number of amides is 1. The minimum atomic E-state index is -4.36. The second kappa shape index (κ2) is 7.79. The molecule has 0 saturated carbocycles. The van der Waals surface area contributed by atoms with Gasteiger partial charge in [0.15, 0.2) is 0 Å². The van der Waals surface area contributed by atoms with E-state index < -0.39 is 11.7 Å². The maximum atomic E-state index is 12.5. The van der Waals surface area contributed by atoms with E-state index in [1.54, 1.807) is 0 Å². The first kappa shape index (κ1) is 17.7. The van der Waals surface area contributed by atoms with Crippen molar-refractivity contribution in [1.82, 2.24) is 9.80 Å². The Kier molecular flexibility index (Phi) is 6.01. The van der Waals surface area contributed by atoms with Crippen molar-refractivity contribution in [3.05, 3.63) is 29.8 Å². The summed E-state index contributed by atoms with van der Waals surface area (Å²) in [6.07, 6.45) is -4.02. The zero-order valence-electron chi connectivity index (χ0n) is 13.2. The first-order valence-corrected chi connectivity index (χ1v) is 7.80. The minimum Gasteiger partial charge on any atom is -0.326 e. The van der Waals surface area contributed by atoms with Crippen LogP contribution in [0.2, 0.25) is 0 Å². The third kappa shape index (κ3) is 5.51. The number of alkyl halides is 3. The predicted molar refractivity (Wildman–Crippen MR) is 83.2 cm³/mol. The standard InChI is InChI=1S/C16H22F3N3O/c1-2-21-9-11-22(12-10-21)8-7-15(23)20-14-5-3-13(4-6-14)16(17,18)19/h3-6H,2,7-12H2,1H3,(H,20,23). The Morgan fingerprint density at radius 1 is 1.09 bits per heavy atom. The van der Waals surface area contributed by atoms with Gasteiger partial charge in [0.1, 0.15) is 0 Å². The Bertz CT molecular complexity index is 508. The van der Waals surface area contributed by atoms with Crippen molar-refractivity contribution < 1.29 is 18.0 Å². The molecule has 0 aromatic heterocycles. The van der Waals surface area contributed by atoms with E-state index in [-0.39, 0.29) is 5.91 Å². The van der Waals surface area contributed by atoms with Crippen molar-refractivity contribution in [3.8, 4) is 0 Å². The Morgan fingerprint density at radius 2 is 1.65 bits per heavy atom. The van der Waals surface area contributed by atoms with Gasteiger partial charge in [0.2, 0.25) is 5.91 Å². The van der Waals surface area contributed by atoms with Gasteiger partial charge >= 0.3 is 6.18 Å². The van der Waals surface area contributed by atoms with Crippen molar-refractivity contribution in [2.24, 2.45) is 0 Å². The number of rotatable bonds is 5. The molecule has 1 aromatic rings. The topological polar surface area (TPSA) is 35.6 Å². The largest absolute Gasteiger partial charge is 0.416 e. The van der Waals surface area contributed by atoms with Crippen LogP contribution in [0.1, 0.15) is 18.9 Å². The summed E-state index contributed by atoms with van der Waals surface area (Å²) in [5.74, 6) is -0.178. The molecular formula is C16H22F3N3O. The molecule has 0 spiro atoms. The van der Waals surface area contributed by atoms with Gasteiger partial charge in [-0.25, -0.2) is 0 Å². The summed E-state index contributed by atoms with van der Waals surface area (Å²) < 4.78 is 37.4. The quantitative estimate of drug-likeness (QED) is 0.902. The van der Waals surface area contributed by atoms with Crippen LogP contribution in [-0.2, 0) is 11.0 Å². The number of likely N-dealkylation sites (N-methyl/N-ethyl adjacent to an activating group) is 1. The zero-order chi connectivity index (χ0) is 16.9. The third-order valence-corrected chi connectivity index (χ3v) is 4.06. The minimum absolute atomic E-state index is 0.178. The van der Waals surface area contributed by atoms with E-state index in [0.29, 0.717) is 18.7 Å². The Morgan fingerprint density at radius 3 is 2.17 bits per heavy atom. The van der Waals surface area contributed by atoms with E-state index in [4.69, 9.17) is 0 Å². The van der Waals surface area contributed by atoms with Crippen LogP contribution in [0, 0.1) is 0 Å². The van der Waals surface area contributed by atoms with Crippen molar-refractivity contribution in [3.63, 3.8) is 0 Å². The number of anilines is 1. The molecule has 1 aliphatic rings. The van der Waals surface area contributed by atoms with Gasteiger partial charge in [-0.2, -0.15) is 13.2 Å². The third-order valence-electron chi connectivity index (χ3n) is 4.06. The molecular weight excluding hydrogens is 307 g/mol. The number of hydrogen-bond acceptors (Lipinski definition) is 3. The van der Waals surface area contributed by atoms with Gasteiger partial charge in [0.05, 0.1) is 5.56 Å². The number of nitrogens with one attached hydrogen (secondary N) is 1. The van der Waals surface area contributed by atoms with Crippen LogP contribution in [0.25, 0.3) is 0 Å². The molecule has 2 rings (SSSR count). The molecule has 1 heterocycles. The lowest BCUT2D eigenvalue weighted by molar-refractivity contribution is -0.137. The van der Waals surface area contributed by atoms with Gasteiger partial charge < -0.3 is 15.1 Å². The van der Waals surface area contributed by atoms with Gasteiger partial charge in [-0.05, 0) is 30.8 Å². The lowest BCUT2D eigenvalue weighted by Crippen LogP contribution is -2.46. The first-order valence-electron chi connectivity index (χ1n) is 7.80. The second-order valence-electron chi connectivity index (χ2n) is 5.65. The van der Waals surface area contributed by atoms with Crippen LogP contribution in [-0.4, -0.2) is 55.0 Å². The normalized spacial score (nSPS) is 17.2. The van der Waals surface area contributed by atoms with Gasteiger partial charge in [0.25, 0.3) is 0 Å². The first-order chi connectivity index (χ1) is 10.9. The lowest BCUT2D eigenvalue weighted by Gasteiger charge is -2.33. The molecule has 1 amide bonds. The van der Waals surface area contributed by atoms with E-state index >= 15 is 0 Å². The number of benzene rings is 1. The molecule has 1 fully saturated rings. The fourth-order valence-corrected chi connectivity index (χ4v) is 2.55. The van der Waals surface area contributed by atoms with E-state index in [9.17, 15) is 18.0 Å². The average Bonchev–Trinajstić information content (AvgIpc) is 2.53. The summed E-state index contributed by atoms with van der Waals surface area (Å²) in [6, 6.07) is 4.50. The van der Waals surface area contributed by atoms with Gasteiger partial charge in [-0.15, -0.1) is 0 Å².